The molecule has 182 valence electrons. The van der Waals surface area contributed by atoms with Crippen LogP contribution in [-0.4, -0.2) is 51.4 Å². The number of halogens is 1. The van der Waals surface area contributed by atoms with E-state index in [1.165, 1.54) is 12.1 Å². The number of pyridine rings is 1. The maximum absolute atomic E-state index is 13.5. The lowest BCUT2D eigenvalue weighted by Gasteiger charge is -2.42. The monoisotopic (exact) mass is 476 g/mol. The van der Waals surface area contributed by atoms with Crippen LogP contribution in [0.15, 0.2) is 41.3 Å². The topological polar surface area (TPSA) is 106 Å². The molecule has 0 radical (unpaired) electrons. The van der Waals surface area contributed by atoms with Crippen molar-refractivity contribution in [1.82, 2.24) is 19.9 Å². The van der Waals surface area contributed by atoms with Crippen LogP contribution in [-0.2, 0) is 11.2 Å². The van der Waals surface area contributed by atoms with E-state index in [1.54, 1.807) is 12.3 Å². The number of amides is 1. The van der Waals surface area contributed by atoms with E-state index in [4.69, 9.17) is 5.26 Å². The lowest BCUT2D eigenvalue weighted by atomic mass is 9.87. The molecule has 1 aliphatic rings. The molecule has 1 amide bonds. The molecule has 0 bridgehead atoms. The fraction of sp³-hybridized carbons (Fsp3) is 0.423. The first-order valence-corrected chi connectivity index (χ1v) is 11.9. The molecule has 8 nitrogen and oxygen atoms in total. The molecule has 3 aromatic rings. The van der Waals surface area contributed by atoms with Gasteiger partial charge in [-0.05, 0) is 49.1 Å². The Bertz CT molecular complexity index is 1320. The van der Waals surface area contributed by atoms with E-state index in [0.717, 1.165) is 18.4 Å². The Morgan fingerprint density at radius 2 is 2.03 bits per heavy atom. The maximum Gasteiger partial charge on any atom is 0.258 e. The molecule has 9 heteroatoms. The zero-order valence-electron chi connectivity index (χ0n) is 20.2. The third-order valence-corrected chi connectivity index (χ3v) is 7.08. The minimum atomic E-state index is -0.493. The van der Waals surface area contributed by atoms with Crippen LogP contribution in [0.1, 0.15) is 38.6 Å². The predicted octanol–water partition coefficient (Wildman–Crippen LogP) is 3.27. The van der Waals surface area contributed by atoms with Gasteiger partial charge >= 0.3 is 0 Å². The van der Waals surface area contributed by atoms with Crippen LogP contribution in [0, 0.1) is 29.0 Å². The van der Waals surface area contributed by atoms with Crippen molar-refractivity contribution in [2.75, 3.05) is 24.5 Å². The zero-order valence-corrected chi connectivity index (χ0v) is 20.2. The molecule has 2 unspecified atom stereocenters. The third kappa shape index (κ3) is 5.32. The van der Waals surface area contributed by atoms with Crippen molar-refractivity contribution in [3.63, 3.8) is 0 Å². The van der Waals surface area contributed by atoms with E-state index >= 15 is 0 Å². The van der Waals surface area contributed by atoms with Crippen molar-refractivity contribution in [1.29, 1.82) is 5.26 Å². The molecule has 1 N–H and O–H groups in total. The van der Waals surface area contributed by atoms with Gasteiger partial charge in [0.1, 0.15) is 23.5 Å². The Kier molecular flexibility index (Phi) is 7.10. The van der Waals surface area contributed by atoms with Crippen LogP contribution in [0.25, 0.3) is 10.9 Å². The number of anilines is 1. The first-order valence-electron chi connectivity index (χ1n) is 11.9. The number of hydrogen-bond acceptors (Lipinski definition) is 6. The van der Waals surface area contributed by atoms with Crippen molar-refractivity contribution >= 4 is 22.6 Å². The fourth-order valence-electron chi connectivity index (χ4n) is 4.64. The summed E-state index contributed by atoms with van der Waals surface area (Å²) in [6.45, 7) is 8.40. The van der Waals surface area contributed by atoms with Gasteiger partial charge in [-0.15, -0.1) is 0 Å². The van der Waals surface area contributed by atoms with Crippen LogP contribution in [0.3, 0.4) is 0 Å². The first kappa shape index (κ1) is 24.3. The largest absolute Gasteiger partial charge is 0.355 e. The summed E-state index contributed by atoms with van der Waals surface area (Å²) in [4.78, 5) is 41.2. The highest BCUT2D eigenvalue weighted by Gasteiger charge is 2.31. The van der Waals surface area contributed by atoms with Crippen molar-refractivity contribution in [3.05, 3.63) is 64.1 Å². The number of benzene rings is 1. The van der Waals surface area contributed by atoms with Crippen LogP contribution in [0.4, 0.5) is 10.2 Å². The second kappa shape index (κ2) is 10.2. The Balaban J connectivity index is 1.48. The second-order valence-corrected chi connectivity index (χ2v) is 9.30. The molecule has 2 aromatic heterocycles. The number of nitriles is 1. The summed E-state index contributed by atoms with van der Waals surface area (Å²) in [5.41, 5.74) is 0.507. The van der Waals surface area contributed by atoms with Gasteiger partial charge in [0, 0.05) is 44.7 Å². The van der Waals surface area contributed by atoms with Crippen molar-refractivity contribution in [2.24, 2.45) is 11.8 Å². The molecule has 1 aromatic carbocycles. The minimum Gasteiger partial charge on any atom is -0.355 e. The van der Waals surface area contributed by atoms with Crippen LogP contribution >= 0.6 is 0 Å². The third-order valence-electron chi connectivity index (χ3n) is 7.08. The highest BCUT2D eigenvalue weighted by molar-refractivity contribution is 5.78. The number of aromatic amines is 1. The zero-order chi connectivity index (χ0) is 25.1. The number of rotatable bonds is 4. The lowest BCUT2D eigenvalue weighted by Crippen LogP contribution is -2.51. The van der Waals surface area contributed by atoms with Gasteiger partial charge in [-0.3, -0.25) is 9.59 Å². The Labute approximate surface area is 203 Å². The Hall–Kier alpha value is -3.80. The number of carbonyl (C=O) groups is 1. The Morgan fingerprint density at radius 1 is 1.23 bits per heavy atom. The average Bonchev–Trinajstić information content (AvgIpc) is 2.86. The van der Waals surface area contributed by atoms with Crippen molar-refractivity contribution < 1.29 is 9.18 Å². The molecule has 0 saturated carbocycles. The molecule has 0 spiro atoms. The van der Waals surface area contributed by atoms with E-state index in [1.807, 2.05) is 11.0 Å². The van der Waals surface area contributed by atoms with Gasteiger partial charge in [-0.2, -0.15) is 5.26 Å². The van der Waals surface area contributed by atoms with E-state index in [2.05, 4.69) is 46.7 Å². The normalized spacial score (nSPS) is 20.8. The number of hydrogen-bond donors (Lipinski definition) is 1. The molecule has 4 rings (SSSR count). The summed E-state index contributed by atoms with van der Waals surface area (Å²) in [6, 6.07) is 9.65. The molecular formula is C26H29FN6O2. The molecule has 0 aliphatic carbocycles. The summed E-state index contributed by atoms with van der Waals surface area (Å²) in [6.07, 6.45) is 2.06. The summed E-state index contributed by atoms with van der Waals surface area (Å²) >= 11 is 0. The highest BCUT2D eigenvalue weighted by Crippen LogP contribution is 2.26. The summed E-state index contributed by atoms with van der Waals surface area (Å²) in [7, 11) is 0. The maximum atomic E-state index is 13.5. The van der Waals surface area contributed by atoms with Gasteiger partial charge in [0.25, 0.3) is 5.56 Å². The molecule has 1 saturated heterocycles. The lowest BCUT2D eigenvalue weighted by molar-refractivity contribution is -0.134. The minimum absolute atomic E-state index is 0.00644. The van der Waals surface area contributed by atoms with Crippen molar-refractivity contribution in [2.45, 2.75) is 39.7 Å². The molecule has 1 fully saturated rings. The second-order valence-electron chi connectivity index (χ2n) is 9.30. The predicted molar refractivity (Wildman–Crippen MR) is 131 cm³/mol. The van der Waals surface area contributed by atoms with E-state index in [-0.39, 0.29) is 36.1 Å². The first-order chi connectivity index (χ1) is 16.8. The van der Waals surface area contributed by atoms with E-state index < -0.39 is 11.4 Å². The molecule has 3 heterocycles. The van der Waals surface area contributed by atoms with Gasteiger partial charge in [0.15, 0.2) is 0 Å². The molecule has 35 heavy (non-hydrogen) atoms. The van der Waals surface area contributed by atoms with Crippen LogP contribution in [0.5, 0.6) is 0 Å². The number of nitrogens with zero attached hydrogens (tertiary/aromatic N) is 5. The highest BCUT2D eigenvalue weighted by atomic mass is 19.1. The number of aryl methyl sites for hydroxylation is 1. The number of carbonyl (C=O) groups excluding carboxylic acids is 1. The molecular weight excluding hydrogens is 447 g/mol. The van der Waals surface area contributed by atoms with Gasteiger partial charge in [0.05, 0.1) is 16.5 Å². The van der Waals surface area contributed by atoms with Gasteiger partial charge in [-0.1, -0.05) is 13.8 Å². The van der Waals surface area contributed by atoms with Crippen LogP contribution in [0.2, 0.25) is 0 Å². The number of aromatic nitrogens is 3. The quantitative estimate of drug-likeness (QED) is 0.620. The SMILES string of the molecule is CC1CN(c2ccc(C#N)cn2)CCN(C(=O)CCc2nc3ccc(F)cc3c(=O)[nH]2)C(C)[C@@H]1C. The number of H-pyrrole nitrogens is 1. The molecule has 3 atom stereocenters. The summed E-state index contributed by atoms with van der Waals surface area (Å²) < 4.78 is 13.5. The van der Waals surface area contributed by atoms with Gasteiger partial charge in [-0.25, -0.2) is 14.4 Å². The summed E-state index contributed by atoms with van der Waals surface area (Å²) in [5, 5.41) is 9.24. The number of nitrogens with one attached hydrogen (secondary N) is 1. The van der Waals surface area contributed by atoms with Gasteiger partial charge < -0.3 is 14.8 Å². The Morgan fingerprint density at radius 3 is 2.74 bits per heavy atom. The fourth-order valence-corrected chi connectivity index (χ4v) is 4.64. The van der Waals surface area contributed by atoms with Crippen molar-refractivity contribution in [3.8, 4) is 6.07 Å². The average molecular weight is 477 g/mol. The summed E-state index contributed by atoms with van der Waals surface area (Å²) in [5.74, 6) is 1.28. The smallest absolute Gasteiger partial charge is 0.258 e. The number of fused-ring (bicyclic) bond motifs is 1. The van der Waals surface area contributed by atoms with Crippen LogP contribution < -0.4 is 10.5 Å². The molecule has 1 aliphatic heterocycles. The standard InChI is InChI=1S/C26H29FN6O2/c1-16-15-32(24-8-4-19(13-28)14-29-24)10-11-33(18(3)17(16)2)25(34)9-7-23-30-22-6-5-20(27)12-21(22)26(35)31-23/h4-6,8,12,14,16-18H,7,9-11,15H2,1-3H3,(H,30,31,35)/t16?,17-,18?/m1/s1. The van der Waals surface area contributed by atoms with E-state index in [0.29, 0.717) is 35.9 Å². The van der Waals surface area contributed by atoms with E-state index in [9.17, 15) is 14.0 Å². The van der Waals surface area contributed by atoms with Gasteiger partial charge in [0.2, 0.25) is 5.91 Å².